The van der Waals surface area contributed by atoms with Gasteiger partial charge in [-0.1, -0.05) is 78.9 Å². The van der Waals surface area contributed by atoms with E-state index in [1.165, 1.54) is 11.8 Å². The van der Waals surface area contributed by atoms with Crippen LogP contribution in [0.1, 0.15) is 44.4 Å². The van der Waals surface area contributed by atoms with Crippen molar-refractivity contribution in [2.75, 3.05) is 25.7 Å². The number of carbonyl (C=O) groups excluding carboxylic acids is 3. The SMILES string of the molecule is COc1ccc(CCNC(=O)C[C@H]2S[C@@H](c3ccc(OCc4ccccc4)c(OCc4ccccc4)c3)N(c3cccc(C(N)=O)c3)C2=O)cc1OC. The van der Waals surface area contributed by atoms with Gasteiger partial charge in [-0.05, 0) is 71.1 Å². The van der Waals surface area contributed by atoms with Crippen LogP contribution in [-0.4, -0.2) is 43.7 Å². The van der Waals surface area contributed by atoms with E-state index in [0.29, 0.717) is 54.9 Å². The minimum absolute atomic E-state index is 0.0341. The van der Waals surface area contributed by atoms with E-state index in [0.717, 1.165) is 22.3 Å². The summed E-state index contributed by atoms with van der Waals surface area (Å²) >= 11 is 1.37. The maximum Gasteiger partial charge on any atom is 0.248 e. The number of methoxy groups -OCH3 is 2. The number of nitrogens with two attached hydrogens (primary N) is 1. The van der Waals surface area contributed by atoms with Crippen LogP contribution in [0.2, 0.25) is 0 Å². The highest BCUT2D eigenvalue weighted by molar-refractivity contribution is 8.01. The maximum absolute atomic E-state index is 14.2. The second-order valence-electron chi connectivity index (χ2n) is 12.3. The van der Waals surface area contributed by atoms with Crippen LogP contribution < -0.4 is 34.9 Å². The lowest BCUT2D eigenvalue weighted by atomic mass is 10.1. The Kier molecular flexibility index (Phi) is 12.2. The highest BCUT2D eigenvalue weighted by atomic mass is 32.2. The highest BCUT2D eigenvalue weighted by Crippen LogP contribution is 2.48. The fourth-order valence-electron chi connectivity index (χ4n) is 5.98. The van der Waals surface area contributed by atoms with Crippen LogP contribution in [0.4, 0.5) is 5.69 Å². The minimum atomic E-state index is -0.694. The molecule has 1 aliphatic heterocycles. The summed E-state index contributed by atoms with van der Waals surface area (Å²) in [7, 11) is 3.16. The Morgan fingerprint density at radius 3 is 2.04 bits per heavy atom. The fourth-order valence-corrected chi connectivity index (χ4v) is 7.42. The van der Waals surface area contributed by atoms with Gasteiger partial charge in [0.05, 0.1) is 19.5 Å². The number of amides is 3. The molecule has 0 unspecified atom stereocenters. The van der Waals surface area contributed by atoms with Gasteiger partial charge < -0.3 is 30.0 Å². The Balaban J connectivity index is 1.24. The van der Waals surface area contributed by atoms with E-state index < -0.39 is 16.5 Å². The lowest BCUT2D eigenvalue weighted by molar-refractivity contribution is -0.124. The van der Waals surface area contributed by atoms with Crippen LogP contribution in [-0.2, 0) is 29.2 Å². The average Bonchev–Trinajstić information content (AvgIpc) is 3.51. The van der Waals surface area contributed by atoms with Crippen molar-refractivity contribution in [3.8, 4) is 23.0 Å². The van der Waals surface area contributed by atoms with Gasteiger partial charge in [-0.3, -0.25) is 19.3 Å². The first-order valence-corrected chi connectivity index (χ1v) is 18.1. The number of nitrogens with one attached hydrogen (secondary N) is 1. The first kappa shape index (κ1) is 36.8. The molecule has 1 saturated heterocycles. The summed E-state index contributed by atoms with van der Waals surface area (Å²) in [5.41, 5.74) is 10.1. The molecule has 5 aromatic rings. The predicted molar refractivity (Wildman–Crippen MR) is 205 cm³/mol. The lowest BCUT2D eigenvalue weighted by Gasteiger charge is -2.25. The van der Waals surface area contributed by atoms with E-state index in [-0.39, 0.29) is 23.8 Å². The number of thioether (sulfide) groups is 1. The molecule has 53 heavy (non-hydrogen) atoms. The molecule has 6 rings (SSSR count). The third-order valence-corrected chi connectivity index (χ3v) is 10.2. The Morgan fingerprint density at radius 1 is 0.717 bits per heavy atom. The monoisotopic (exact) mass is 731 g/mol. The van der Waals surface area contributed by atoms with E-state index >= 15 is 0 Å². The van der Waals surface area contributed by atoms with E-state index in [2.05, 4.69) is 5.32 Å². The van der Waals surface area contributed by atoms with E-state index in [1.54, 1.807) is 43.4 Å². The van der Waals surface area contributed by atoms with Crippen molar-refractivity contribution in [2.45, 2.75) is 36.7 Å². The van der Waals surface area contributed by atoms with Crippen LogP contribution >= 0.6 is 11.8 Å². The molecule has 0 saturated carbocycles. The molecule has 0 aliphatic carbocycles. The van der Waals surface area contributed by atoms with Crippen LogP contribution in [0, 0.1) is 0 Å². The molecule has 1 fully saturated rings. The normalized spacial score (nSPS) is 15.1. The zero-order chi connectivity index (χ0) is 37.2. The van der Waals surface area contributed by atoms with Gasteiger partial charge in [-0.25, -0.2) is 0 Å². The van der Waals surface area contributed by atoms with Crippen molar-refractivity contribution in [2.24, 2.45) is 5.73 Å². The number of rotatable bonds is 16. The summed E-state index contributed by atoms with van der Waals surface area (Å²) in [4.78, 5) is 41.2. The maximum atomic E-state index is 14.2. The molecule has 1 heterocycles. The van der Waals surface area contributed by atoms with Crippen molar-refractivity contribution in [3.63, 3.8) is 0 Å². The summed E-state index contributed by atoms with van der Waals surface area (Å²) in [5.74, 6) is 1.19. The number of hydrogen-bond donors (Lipinski definition) is 2. The molecule has 1 aliphatic rings. The standard InChI is InChI=1S/C42H41N3O7S/c1-49-34-18-16-28(22-36(34)50-2)20-21-44-39(46)25-38-41(48)45(33-15-9-14-31(23-33)40(43)47)42(53-38)32-17-19-35(51-26-29-10-5-3-6-11-29)37(24-32)52-27-30-12-7-4-8-13-30/h3-19,22-24,38,42H,20-21,25-27H2,1-2H3,(H2,43,47)(H,44,46)/t38-,42+/m1/s1. The Labute approximate surface area is 313 Å². The molecular formula is C42H41N3O7S. The zero-order valence-electron chi connectivity index (χ0n) is 29.5. The van der Waals surface area contributed by atoms with Crippen LogP contribution in [0.5, 0.6) is 23.0 Å². The average molecular weight is 732 g/mol. The number of hydrogen-bond acceptors (Lipinski definition) is 8. The van der Waals surface area contributed by atoms with Gasteiger partial charge in [0.1, 0.15) is 18.6 Å². The molecule has 272 valence electrons. The topological polar surface area (TPSA) is 129 Å². The summed E-state index contributed by atoms with van der Waals surface area (Å²) in [6.45, 7) is 1.02. The third-order valence-electron chi connectivity index (χ3n) is 8.73. The summed E-state index contributed by atoms with van der Waals surface area (Å²) < 4.78 is 23.3. The van der Waals surface area contributed by atoms with Crippen molar-refractivity contribution < 1.29 is 33.3 Å². The first-order chi connectivity index (χ1) is 25.8. The number of primary amides is 1. The van der Waals surface area contributed by atoms with E-state index in [4.69, 9.17) is 24.7 Å². The van der Waals surface area contributed by atoms with Crippen molar-refractivity contribution in [1.82, 2.24) is 5.32 Å². The second-order valence-corrected chi connectivity index (χ2v) is 13.6. The number of benzene rings is 5. The zero-order valence-corrected chi connectivity index (χ0v) is 30.3. The van der Waals surface area contributed by atoms with Crippen LogP contribution in [0.15, 0.2) is 121 Å². The highest BCUT2D eigenvalue weighted by Gasteiger charge is 2.43. The molecule has 2 atom stereocenters. The minimum Gasteiger partial charge on any atom is -0.493 e. The molecule has 0 bridgehead atoms. The number of anilines is 1. The predicted octanol–water partition coefficient (Wildman–Crippen LogP) is 6.86. The molecule has 3 amide bonds. The van der Waals surface area contributed by atoms with Crippen LogP contribution in [0.25, 0.3) is 0 Å². The van der Waals surface area contributed by atoms with Gasteiger partial charge in [-0.2, -0.15) is 0 Å². The summed E-state index contributed by atoms with van der Waals surface area (Å²) in [6.07, 6.45) is 0.532. The van der Waals surface area contributed by atoms with Crippen LogP contribution in [0.3, 0.4) is 0 Å². The van der Waals surface area contributed by atoms with Gasteiger partial charge in [0.15, 0.2) is 23.0 Å². The molecule has 0 spiro atoms. The van der Waals surface area contributed by atoms with Gasteiger partial charge in [0, 0.05) is 24.2 Å². The smallest absolute Gasteiger partial charge is 0.248 e. The summed E-state index contributed by atoms with van der Waals surface area (Å²) in [5, 5.41) is 1.72. The van der Waals surface area contributed by atoms with Gasteiger partial charge in [-0.15, -0.1) is 11.8 Å². The molecule has 3 N–H and O–H groups in total. The van der Waals surface area contributed by atoms with Crippen molar-refractivity contribution in [1.29, 1.82) is 0 Å². The largest absolute Gasteiger partial charge is 0.493 e. The molecular weight excluding hydrogens is 691 g/mol. The fraction of sp³-hybridized carbons (Fsp3) is 0.214. The Bertz CT molecular complexity index is 2040. The third kappa shape index (κ3) is 9.30. The Morgan fingerprint density at radius 2 is 1.38 bits per heavy atom. The van der Waals surface area contributed by atoms with Crippen molar-refractivity contribution in [3.05, 3.63) is 149 Å². The lowest BCUT2D eigenvalue weighted by Crippen LogP contribution is -2.34. The molecule has 10 nitrogen and oxygen atoms in total. The Hall–Kier alpha value is -5.94. The molecule has 11 heteroatoms. The van der Waals surface area contributed by atoms with Crippen molar-refractivity contribution >= 4 is 35.2 Å². The number of ether oxygens (including phenoxy) is 4. The number of carbonyl (C=O) groups is 3. The first-order valence-electron chi connectivity index (χ1n) is 17.2. The van der Waals surface area contributed by atoms with Gasteiger partial charge in [0.25, 0.3) is 0 Å². The van der Waals surface area contributed by atoms with E-state index in [1.807, 2.05) is 97.1 Å². The summed E-state index contributed by atoms with van der Waals surface area (Å²) in [6, 6.07) is 37.6. The molecule has 5 aromatic carbocycles. The molecule has 0 aromatic heterocycles. The number of nitrogens with zero attached hydrogens (tertiary/aromatic N) is 1. The van der Waals surface area contributed by atoms with E-state index in [9.17, 15) is 14.4 Å². The second kappa shape index (κ2) is 17.5. The molecule has 0 radical (unpaired) electrons. The van der Waals surface area contributed by atoms with Gasteiger partial charge >= 0.3 is 0 Å². The van der Waals surface area contributed by atoms with Gasteiger partial charge in [0.2, 0.25) is 17.7 Å². The quantitative estimate of drug-likeness (QED) is 0.113.